The maximum absolute atomic E-state index is 13.5. The Kier molecular flexibility index (Phi) is 5.11. The fraction of sp³-hybridized carbons (Fsp3) is 0.500. The molecule has 2 atom stereocenters. The molecule has 1 aliphatic heterocycles. The zero-order valence-corrected chi connectivity index (χ0v) is 12.4. The molecular weight excluding hydrogens is 292 g/mol. The highest BCUT2D eigenvalue weighted by Crippen LogP contribution is 2.23. The van der Waals surface area contributed by atoms with Gasteiger partial charge in [0.05, 0.1) is 5.92 Å². The Labute approximate surface area is 127 Å². The number of aryl methyl sites for hydroxylation is 1. The van der Waals surface area contributed by atoms with Crippen LogP contribution >= 0.6 is 0 Å². The van der Waals surface area contributed by atoms with Gasteiger partial charge < -0.3 is 10.0 Å². The van der Waals surface area contributed by atoms with Crippen LogP contribution in [0.3, 0.4) is 0 Å². The first kappa shape index (κ1) is 16.4. The summed E-state index contributed by atoms with van der Waals surface area (Å²) in [4.78, 5) is 24.8. The standard InChI is InChI=1S/C16H19F2NO3/c1-10-6-12(16(21)22)9-19(8-10)15(20)5-2-11-7-13(17)3-4-14(11)18/h3-4,7,10,12H,2,5-6,8-9H2,1H3,(H,21,22). The van der Waals surface area contributed by atoms with Gasteiger partial charge in [-0.3, -0.25) is 9.59 Å². The number of hydrogen-bond donors (Lipinski definition) is 1. The minimum Gasteiger partial charge on any atom is -0.481 e. The third-order valence-electron chi connectivity index (χ3n) is 3.98. The number of hydrogen-bond acceptors (Lipinski definition) is 2. The number of carboxylic acids is 1. The second kappa shape index (κ2) is 6.85. The Morgan fingerprint density at radius 2 is 2.05 bits per heavy atom. The predicted molar refractivity (Wildman–Crippen MR) is 76.2 cm³/mol. The van der Waals surface area contributed by atoms with Crippen LogP contribution in [0, 0.1) is 23.5 Å². The summed E-state index contributed by atoms with van der Waals surface area (Å²) in [6, 6.07) is 3.16. The first-order valence-corrected chi connectivity index (χ1v) is 7.31. The van der Waals surface area contributed by atoms with Gasteiger partial charge in [0, 0.05) is 19.5 Å². The van der Waals surface area contributed by atoms with Gasteiger partial charge in [-0.05, 0) is 42.5 Å². The number of carbonyl (C=O) groups excluding carboxylic acids is 1. The van der Waals surface area contributed by atoms with Crippen LogP contribution in [0.4, 0.5) is 8.78 Å². The number of carbonyl (C=O) groups is 2. The smallest absolute Gasteiger partial charge is 0.308 e. The molecule has 1 aromatic rings. The lowest BCUT2D eigenvalue weighted by atomic mass is 9.90. The quantitative estimate of drug-likeness (QED) is 0.929. The fourth-order valence-electron chi connectivity index (χ4n) is 2.87. The summed E-state index contributed by atoms with van der Waals surface area (Å²) in [6.45, 7) is 2.60. The second-order valence-corrected chi connectivity index (χ2v) is 5.91. The van der Waals surface area contributed by atoms with Crippen LogP contribution in [0.5, 0.6) is 0 Å². The van der Waals surface area contributed by atoms with Crippen molar-refractivity contribution < 1.29 is 23.5 Å². The fourth-order valence-corrected chi connectivity index (χ4v) is 2.87. The molecule has 22 heavy (non-hydrogen) atoms. The van der Waals surface area contributed by atoms with Crippen molar-refractivity contribution in [2.75, 3.05) is 13.1 Å². The average Bonchev–Trinajstić information content (AvgIpc) is 2.47. The maximum Gasteiger partial charge on any atom is 0.308 e. The average molecular weight is 311 g/mol. The summed E-state index contributed by atoms with van der Waals surface area (Å²) in [6.07, 6.45) is 0.697. The van der Waals surface area contributed by atoms with Gasteiger partial charge in [-0.1, -0.05) is 6.92 Å². The van der Waals surface area contributed by atoms with Crippen molar-refractivity contribution in [2.45, 2.75) is 26.2 Å². The molecule has 1 aliphatic rings. The molecule has 0 radical (unpaired) electrons. The van der Waals surface area contributed by atoms with Crippen LogP contribution in [-0.2, 0) is 16.0 Å². The van der Waals surface area contributed by atoms with E-state index in [2.05, 4.69) is 0 Å². The van der Waals surface area contributed by atoms with Crippen molar-refractivity contribution >= 4 is 11.9 Å². The van der Waals surface area contributed by atoms with Crippen molar-refractivity contribution in [3.05, 3.63) is 35.4 Å². The minimum absolute atomic E-state index is 0.0411. The topological polar surface area (TPSA) is 57.6 Å². The number of likely N-dealkylation sites (tertiary alicyclic amines) is 1. The first-order valence-electron chi connectivity index (χ1n) is 7.31. The molecular formula is C16H19F2NO3. The number of nitrogens with zero attached hydrogens (tertiary/aromatic N) is 1. The van der Waals surface area contributed by atoms with Crippen LogP contribution < -0.4 is 0 Å². The Balaban J connectivity index is 1.96. The van der Waals surface area contributed by atoms with Crippen LogP contribution in [0.2, 0.25) is 0 Å². The molecule has 1 amide bonds. The monoisotopic (exact) mass is 311 g/mol. The highest BCUT2D eigenvalue weighted by atomic mass is 19.1. The lowest BCUT2D eigenvalue weighted by Gasteiger charge is -2.34. The molecule has 0 saturated carbocycles. The first-order chi connectivity index (χ1) is 10.4. The van der Waals surface area contributed by atoms with Gasteiger partial charge in [-0.15, -0.1) is 0 Å². The number of amides is 1. The molecule has 0 aliphatic carbocycles. The van der Waals surface area contributed by atoms with Crippen LogP contribution in [0.25, 0.3) is 0 Å². The zero-order valence-electron chi connectivity index (χ0n) is 12.4. The van der Waals surface area contributed by atoms with Crippen LogP contribution in [0.1, 0.15) is 25.3 Å². The predicted octanol–water partition coefficient (Wildman–Crippen LogP) is 2.47. The molecule has 4 nitrogen and oxygen atoms in total. The minimum atomic E-state index is -0.902. The third kappa shape index (κ3) is 4.02. The zero-order chi connectivity index (χ0) is 16.3. The van der Waals surface area contributed by atoms with Crippen LogP contribution in [0.15, 0.2) is 18.2 Å². The lowest BCUT2D eigenvalue weighted by Crippen LogP contribution is -2.45. The highest BCUT2D eigenvalue weighted by Gasteiger charge is 2.31. The van der Waals surface area contributed by atoms with E-state index in [4.69, 9.17) is 5.11 Å². The van der Waals surface area contributed by atoms with Crippen molar-refractivity contribution in [3.8, 4) is 0 Å². The Hall–Kier alpha value is -1.98. The molecule has 6 heteroatoms. The van der Waals surface area contributed by atoms with E-state index in [1.165, 1.54) is 4.90 Å². The van der Waals surface area contributed by atoms with E-state index in [-0.39, 0.29) is 36.8 Å². The van der Waals surface area contributed by atoms with Crippen molar-refractivity contribution in [1.82, 2.24) is 4.90 Å². The molecule has 2 unspecified atom stereocenters. The Morgan fingerprint density at radius 3 is 2.73 bits per heavy atom. The summed E-state index contributed by atoms with van der Waals surface area (Å²) in [5.41, 5.74) is 0.160. The molecule has 2 rings (SSSR count). The SMILES string of the molecule is CC1CC(C(=O)O)CN(C(=O)CCc2cc(F)ccc2F)C1. The number of benzene rings is 1. The summed E-state index contributed by atoms with van der Waals surface area (Å²) in [5.74, 6) is -2.64. The number of piperidine rings is 1. The van der Waals surface area contributed by atoms with Gasteiger partial charge in [-0.2, -0.15) is 0 Å². The van der Waals surface area contributed by atoms with E-state index in [1.54, 1.807) is 0 Å². The Morgan fingerprint density at radius 1 is 1.32 bits per heavy atom. The van der Waals surface area contributed by atoms with E-state index in [1.807, 2.05) is 6.92 Å². The molecule has 1 aromatic carbocycles. The lowest BCUT2D eigenvalue weighted by molar-refractivity contribution is -0.146. The van der Waals surface area contributed by atoms with E-state index in [0.29, 0.717) is 13.0 Å². The van der Waals surface area contributed by atoms with E-state index >= 15 is 0 Å². The molecule has 120 valence electrons. The van der Waals surface area contributed by atoms with E-state index in [9.17, 15) is 18.4 Å². The summed E-state index contributed by atoms with van der Waals surface area (Å²) >= 11 is 0. The van der Waals surface area contributed by atoms with Gasteiger partial charge in [-0.25, -0.2) is 8.78 Å². The van der Waals surface area contributed by atoms with Crippen molar-refractivity contribution in [1.29, 1.82) is 0 Å². The molecule has 1 fully saturated rings. The van der Waals surface area contributed by atoms with Crippen molar-refractivity contribution in [3.63, 3.8) is 0 Å². The molecule has 1 heterocycles. The maximum atomic E-state index is 13.5. The second-order valence-electron chi connectivity index (χ2n) is 5.91. The molecule has 1 N–H and O–H groups in total. The van der Waals surface area contributed by atoms with E-state index in [0.717, 1.165) is 18.2 Å². The highest BCUT2D eigenvalue weighted by molar-refractivity contribution is 5.78. The largest absolute Gasteiger partial charge is 0.481 e. The number of rotatable bonds is 4. The summed E-state index contributed by atoms with van der Waals surface area (Å²) < 4.78 is 26.6. The Bertz CT molecular complexity index is 577. The molecule has 0 aromatic heterocycles. The van der Waals surface area contributed by atoms with Gasteiger partial charge in [0.25, 0.3) is 0 Å². The molecule has 0 spiro atoms. The summed E-state index contributed by atoms with van der Waals surface area (Å²) in [5, 5.41) is 9.10. The summed E-state index contributed by atoms with van der Waals surface area (Å²) in [7, 11) is 0. The van der Waals surface area contributed by atoms with Gasteiger partial charge in [0.1, 0.15) is 11.6 Å². The number of halogens is 2. The van der Waals surface area contributed by atoms with Crippen molar-refractivity contribution in [2.24, 2.45) is 11.8 Å². The number of aliphatic carboxylic acids is 1. The van der Waals surface area contributed by atoms with Crippen LogP contribution in [-0.4, -0.2) is 35.0 Å². The van der Waals surface area contributed by atoms with Gasteiger partial charge in [0.15, 0.2) is 0 Å². The van der Waals surface area contributed by atoms with Gasteiger partial charge >= 0.3 is 5.97 Å². The third-order valence-corrected chi connectivity index (χ3v) is 3.98. The molecule has 1 saturated heterocycles. The normalized spacial score (nSPS) is 21.7. The molecule has 0 bridgehead atoms. The number of carboxylic acid groups (broad SMARTS) is 1. The van der Waals surface area contributed by atoms with Gasteiger partial charge in [0.2, 0.25) is 5.91 Å². The van der Waals surface area contributed by atoms with E-state index < -0.39 is 23.5 Å².